The molecular formula is C22H20BrClN2O3S. The van der Waals surface area contributed by atoms with Crippen LogP contribution in [-0.4, -0.2) is 41.2 Å². The third-order valence-electron chi connectivity index (χ3n) is 4.96. The standard InChI is InChI=1S/C22H20BrClN2O3S/c23-16-4-7-20(8-5-16)30(28)15-19-6-9-21(29-19)22(27)26-12-10-25(11-13-26)18-3-1-2-17(24)14-18/h1-9,14H,10-13,15H2/t30-/m0/s1. The molecule has 1 aromatic heterocycles. The van der Waals surface area contributed by atoms with Gasteiger partial charge in [-0.25, -0.2) is 0 Å². The number of amides is 1. The number of rotatable bonds is 5. The van der Waals surface area contributed by atoms with E-state index in [0.717, 1.165) is 28.1 Å². The van der Waals surface area contributed by atoms with Crippen molar-refractivity contribution >= 4 is 49.9 Å². The molecule has 0 saturated carbocycles. The van der Waals surface area contributed by atoms with Crippen LogP contribution in [0.4, 0.5) is 5.69 Å². The Bertz CT molecular complexity index is 1060. The summed E-state index contributed by atoms with van der Waals surface area (Å²) in [6.45, 7) is 2.67. The molecule has 1 aliphatic rings. The Labute approximate surface area is 191 Å². The van der Waals surface area contributed by atoms with Crippen molar-refractivity contribution in [1.29, 1.82) is 0 Å². The quantitative estimate of drug-likeness (QED) is 0.489. The third kappa shape index (κ3) is 4.96. The van der Waals surface area contributed by atoms with E-state index in [1.54, 1.807) is 17.0 Å². The van der Waals surface area contributed by atoms with Gasteiger partial charge in [0, 0.05) is 46.3 Å². The number of benzene rings is 2. The van der Waals surface area contributed by atoms with E-state index >= 15 is 0 Å². The predicted molar refractivity (Wildman–Crippen MR) is 123 cm³/mol. The molecule has 0 radical (unpaired) electrons. The lowest BCUT2D eigenvalue weighted by Crippen LogP contribution is -2.48. The van der Waals surface area contributed by atoms with Crippen LogP contribution in [0.5, 0.6) is 0 Å². The summed E-state index contributed by atoms with van der Waals surface area (Å²) in [7, 11) is -1.23. The maximum absolute atomic E-state index is 12.8. The maximum atomic E-state index is 12.8. The van der Waals surface area contributed by atoms with E-state index in [2.05, 4.69) is 20.8 Å². The molecule has 0 spiro atoms. The summed E-state index contributed by atoms with van der Waals surface area (Å²) in [6.07, 6.45) is 0. The highest BCUT2D eigenvalue weighted by Crippen LogP contribution is 2.22. The summed E-state index contributed by atoms with van der Waals surface area (Å²) in [5.41, 5.74) is 1.06. The van der Waals surface area contributed by atoms with E-state index in [1.165, 1.54) is 0 Å². The molecule has 0 aliphatic carbocycles. The lowest BCUT2D eigenvalue weighted by molar-refractivity contribution is 0.0713. The molecule has 1 amide bonds. The molecular weight excluding hydrogens is 488 g/mol. The van der Waals surface area contributed by atoms with E-state index in [1.807, 2.05) is 48.5 Å². The number of nitrogens with zero attached hydrogens (tertiary/aromatic N) is 2. The van der Waals surface area contributed by atoms with E-state index in [-0.39, 0.29) is 17.4 Å². The van der Waals surface area contributed by atoms with E-state index in [0.29, 0.717) is 23.9 Å². The first kappa shape index (κ1) is 21.2. The number of piperazine rings is 1. The van der Waals surface area contributed by atoms with Crippen LogP contribution in [0.25, 0.3) is 0 Å². The van der Waals surface area contributed by atoms with Crippen molar-refractivity contribution in [2.45, 2.75) is 10.6 Å². The Morgan fingerprint density at radius 2 is 1.77 bits per heavy atom. The van der Waals surface area contributed by atoms with Gasteiger partial charge in [0.2, 0.25) is 0 Å². The van der Waals surface area contributed by atoms with Crippen LogP contribution in [0.15, 0.2) is 74.4 Å². The second kappa shape index (κ2) is 9.37. The molecule has 1 aliphatic heterocycles. The topological polar surface area (TPSA) is 53.8 Å². The molecule has 1 atom stereocenters. The van der Waals surface area contributed by atoms with Gasteiger partial charge in [0.1, 0.15) is 5.76 Å². The normalized spacial score (nSPS) is 15.3. The van der Waals surface area contributed by atoms with Gasteiger partial charge < -0.3 is 14.2 Å². The predicted octanol–water partition coefficient (Wildman–Crippen LogP) is 4.97. The second-order valence-electron chi connectivity index (χ2n) is 6.97. The average molecular weight is 508 g/mol. The highest BCUT2D eigenvalue weighted by molar-refractivity contribution is 9.10. The van der Waals surface area contributed by atoms with Crippen molar-refractivity contribution in [2.24, 2.45) is 0 Å². The minimum absolute atomic E-state index is 0.138. The molecule has 0 unspecified atom stereocenters. The number of hydrogen-bond acceptors (Lipinski definition) is 4. The summed E-state index contributed by atoms with van der Waals surface area (Å²) < 4.78 is 19.2. The Kier molecular flexibility index (Phi) is 6.61. The van der Waals surface area contributed by atoms with Gasteiger partial charge in [-0.3, -0.25) is 9.00 Å². The van der Waals surface area contributed by atoms with Gasteiger partial charge in [0.25, 0.3) is 5.91 Å². The van der Waals surface area contributed by atoms with Crippen LogP contribution >= 0.6 is 27.5 Å². The van der Waals surface area contributed by atoms with Gasteiger partial charge in [0.05, 0.1) is 16.6 Å². The van der Waals surface area contributed by atoms with Crippen LogP contribution in [0.2, 0.25) is 5.02 Å². The van der Waals surface area contributed by atoms with Crippen LogP contribution in [0.3, 0.4) is 0 Å². The van der Waals surface area contributed by atoms with Crippen molar-refractivity contribution in [1.82, 2.24) is 4.90 Å². The van der Waals surface area contributed by atoms with E-state index in [9.17, 15) is 9.00 Å². The summed E-state index contributed by atoms with van der Waals surface area (Å²) in [5, 5.41) is 0.703. The molecule has 5 nitrogen and oxygen atoms in total. The van der Waals surface area contributed by atoms with Crippen molar-refractivity contribution in [3.8, 4) is 0 Å². The molecule has 3 aromatic rings. The fourth-order valence-electron chi connectivity index (χ4n) is 3.37. The van der Waals surface area contributed by atoms with Crippen molar-refractivity contribution < 1.29 is 13.4 Å². The van der Waals surface area contributed by atoms with E-state index < -0.39 is 10.8 Å². The van der Waals surface area contributed by atoms with Crippen molar-refractivity contribution in [2.75, 3.05) is 31.1 Å². The molecule has 30 heavy (non-hydrogen) atoms. The monoisotopic (exact) mass is 506 g/mol. The molecule has 0 bridgehead atoms. The van der Waals surface area contributed by atoms with Gasteiger partial charge in [0.15, 0.2) is 5.76 Å². The minimum atomic E-state index is -1.23. The van der Waals surface area contributed by atoms with Gasteiger partial charge in [-0.15, -0.1) is 0 Å². The summed E-state index contributed by atoms with van der Waals surface area (Å²) in [6, 6.07) is 18.5. The Balaban J connectivity index is 1.35. The Hall–Kier alpha value is -2.09. The summed E-state index contributed by atoms with van der Waals surface area (Å²) >= 11 is 9.45. The zero-order chi connectivity index (χ0) is 21.1. The Morgan fingerprint density at radius 3 is 2.47 bits per heavy atom. The van der Waals surface area contributed by atoms with Crippen LogP contribution < -0.4 is 4.90 Å². The number of anilines is 1. The minimum Gasteiger partial charge on any atom is -0.455 e. The summed E-state index contributed by atoms with van der Waals surface area (Å²) in [5.74, 6) is 0.921. The van der Waals surface area contributed by atoms with E-state index in [4.69, 9.17) is 16.0 Å². The zero-order valence-corrected chi connectivity index (χ0v) is 19.3. The van der Waals surface area contributed by atoms with Gasteiger partial charge >= 0.3 is 0 Å². The number of hydrogen-bond donors (Lipinski definition) is 0. The summed E-state index contributed by atoms with van der Waals surface area (Å²) in [4.78, 5) is 17.5. The first-order valence-electron chi connectivity index (χ1n) is 9.52. The smallest absolute Gasteiger partial charge is 0.289 e. The fourth-order valence-corrected chi connectivity index (χ4v) is 4.83. The zero-order valence-electron chi connectivity index (χ0n) is 16.1. The first-order valence-corrected chi connectivity index (χ1v) is 12.0. The highest BCUT2D eigenvalue weighted by atomic mass is 79.9. The number of halogens is 2. The van der Waals surface area contributed by atoms with Gasteiger partial charge in [-0.2, -0.15) is 0 Å². The average Bonchev–Trinajstić information content (AvgIpc) is 3.22. The molecule has 4 rings (SSSR count). The highest BCUT2D eigenvalue weighted by Gasteiger charge is 2.24. The lowest BCUT2D eigenvalue weighted by Gasteiger charge is -2.35. The van der Waals surface area contributed by atoms with Gasteiger partial charge in [-0.05, 0) is 54.6 Å². The van der Waals surface area contributed by atoms with Gasteiger partial charge in [-0.1, -0.05) is 33.6 Å². The molecule has 8 heteroatoms. The maximum Gasteiger partial charge on any atom is 0.289 e. The van der Waals surface area contributed by atoms with Crippen LogP contribution in [-0.2, 0) is 16.6 Å². The molecule has 1 fully saturated rings. The lowest BCUT2D eigenvalue weighted by atomic mass is 10.2. The van der Waals surface area contributed by atoms with Crippen LogP contribution in [0, 0.1) is 0 Å². The molecule has 2 aromatic carbocycles. The van der Waals surface area contributed by atoms with Crippen molar-refractivity contribution in [3.05, 3.63) is 81.7 Å². The number of carbonyl (C=O) groups excluding carboxylic acids is 1. The molecule has 156 valence electrons. The molecule has 0 N–H and O–H groups in total. The Morgan fingerprint density at radius 1 is 1.03 bits per heavy atom. The number of furan rings is 1. The first-order chi connectivity index (χ1) is 14.5. The van der Waals surface area contributed by atoms with Crippen LogP contribution in [0.1, 0.15) is 16.3 Å². The fraction of sp³-hybridized carbons (Fsp3) is 0.227. The number of carbonyl (C=O) groups is 1. The molecule has 2 heterocycles. The largest absolute Gasteiger partial charge is 0.455 e. The third-order valence-corrected chi connectivity index (χ3v) is 7.07. The SMILES string of the molecule is O=C(c1ccc(C[S@](=O)c2ccc(Br)cc2)o1)N1CCN(c2cccc(Cl)c2)CC1. The second-order valence-corrected chi connectivity index (χ2v) is 9.77. The molecule has 1 saturated heterocycles. The van der Waals surface area contributed by atoms with Crippen molar-refractivity contribution in [3.63, 3.8) is 0 Å².